The molecule has 0 unspecified atom stereocenters. The van der Waals surface area contributed by atoms with E-state index in [9.17, 15) is 19.7 Å². The summed E-state index contributed by atoms with van der Waals surface area (Å²) in [6.45, 7) is 1.89. The smallest absolute Gasteiger partial charge is 0.268 e. The number of nitrogens with zero attached hydrogens (tertiary/aromatic N) is 2. The lowest BCUT2D eigenvalue weighted by molar-refractivity contribution is -0.384. The van der Waals surface area contributed by atoms with Crippen LogP contribution >= 0.6 is 15.9 Å². The number of halogens is 1. The van der Waals surface area contributed by atoms with Crippen molar-refractivity contribution in [2.75, 3.05) is 4.90 Å². The molecule has 4 bridgehead atoms. The van der Waals surface area contributed by atoms with Crippen LogP contribution < -0.4 is 4.90 Å². The highest BCUT2D eigenvalue weighted by molar-refractivity contribution is 9.10. The second kappa shape index (κ2) is 9.08. The summed E-state index contributed by atoms with van der Waals surface area (Å²) in [6.07, 6.45) is 7.81. The van der Waals surface area contributed by atoms with Crippen LogP contribution in [0.5, 0.6) is 0 Å². The van der Waals surface area contributed by atoms with Gasteiger partial charge in [0.25, 0.3) is 17.5 Å². The van der Waals surface area contributed by atoms with Crippen molar-refractivity contribution in [2.45, 2.75) is 50.9 Å². The maximum atomic E-state index is 14.0. The molecule has 6 nitrogen and oxygen atoms in total. The van der Waals surface area contributed by atoms with Crippen LogP contribution in [0.4, 0.5) is 11.4 Å². The molecule has 42 heavy (non-hydrogen) atoms. The SMILES string of the molecule is Cc1cc(Br)ccc1-c1c([N+](=O)[O-])cc2c3c(cccc13)C(=O)N(c1ccc(C34CC5CC(CC(C5)C3)C4)cc1)C2=O. The Bertz CT molecular complexity index is 1830. The van der Waals surface area contributed by atoms with Crippen LogP contribution in [0.1, 0.15) is 70.4 Å². The third-order valence-electron chi connectivity index (χ3n) is 10.4. The molecule has 4 aliphatic carbocycles. The normalized spacial score (nSPS) is 25.9. The number of rotatable bonds is 4. The molecule has 4 fully saturated rings. The van der Waals surface area contributed by atoms with Gasteiger partial charge >= 0.3 is 0 Å². The number of carbonyl (C=O) groups is 2. The van der Waals surface area contributed by atoms with E-state index in [4.69, 9.17) is 0 Å². The molecule has 0 radical (unpaired) electrons. The first kappa shape index (κ1) is 25.8. The minimum absolute atomic E-state index is 0.153. The number of hydrogen-bond donors (Lipinski definition) is 0. The Morgan fingerprint density at radius 2 is 1.48 bits per heavy atom. The van der Waals surface area contributed by atoms with E-state index in [1.165, 1.54) is 55.1 Å². The number of benzene rings is 4. The summed E-state index contributed by atoms with van der Waals surface area (Å²) >= 11 is 3.47. The van der Waals surface area contributed by atoms with Gasteiger partial charge in [-0.3, -0.25) is 19.7 Å². The first-order valence-electron chi connectivity index (χ1n) is 14.7. The highest BCUT2D eigenvalue weighted by atomic mass is 79.9. The lowest BCUT2D eigenvalue weighted by Crippen LogP contribution is -2.48. The van der Waals surface area contributed by atoms with Gasteiger partial charge in [0.2, 0.25) is 0 Å². The Morgan fingerprint density at radius 1 is 0.833 bits per heavy atom. The average molecular weight is 622 g/mol. The summed E-state index contributed by atoms with van der Waals surface area (Å²) in [5, 5.41) is 13.4. The van der Waals surface area contributed by atoms with Gasteiger partial charge in [-0.15, -0.1) is 0 Å². The van der Waals surface area contributed by atoms with E-state index in [0.29, 0.717) is 33.2 Å². The van der Waals surface area contributed by atoms with Crippen molar-refractivity contribution in [2.24, 2.45) is 17.8 Å². The zero-order valence-electron chi connectivity index (χ0n) is 23.2. The van der Waals surface area contributed by atoms with E-state index in [1.807, 2.05) is 37.3 Å². The molecule has 5 aliphatic rings. The zero-order chi connectivity index (χ0) is 28.9. The van der Waals surface area contributed by atoms with E-state index in [1.54, 1.807) is 18.2 Å². The molecule has 4 aromatic carbocycles. The van der Waals surface area contributed by atoms with Crippen molar-refractivity contribution in [1.82, 2.24) is 0 Å². The molecule has 4 aromatic rings. The van der Waals surface area contributed by atoms with Crippen LogP contribution in [0.2, 0.25) is 0 Å². The Labute approximate surface area is 252 Å². The van der Waals surface area contributed by atoms with Gasteiger partial charge in [-0.1, -0.05) is 46.3 Å². The van der Waals surface area contributed by atoms with Crippen LogP contribution in [0.15, 0.2) is 71.2 Å². The standard InChI is InChI=1S/C35H29BrN2O4/c1-19-11-24(36)7-10-26(19)32-27-3-2-4-28-31(27)29(15-30(32)38(41)42)34(40)37(33(28)39)25-8-5-23(6-9-25)35-16-20-12-21(17-35)14-22(13-20)18-35/h2-11,15,20-22H,12-14,16-18H2,1H3. The summed E-state index contributed by atoms with van der Waals surface area (Å²) in [4.78, 5) is 41.2. The van der Waals surface area contributed by atoms with Crippen molar-refractivity contribution >= 4 is 49.9 Å². The quantitative estimate of drug-likeness (QED) is 0.130. The summed E-state index contributed by atoms with van der Waals surface area (Å²) in [6, 6.07) is 20.2. The Kier molecular flexibility index (Phi) is 5.58. The third-order valence-corrected chi connectivity index (χ3v) is 10.9. The molecule has 210 valence electrons. The summed E-state index contributed by atoms with van der Waals surface area (Å²) in [7, 11) is 0. The molecule has 7 heteroatoms. The van der Waals surface area contributed by atoms with Gasteiger partial charge in [0, 0.05) is 21.5 Å². The lowest BCUT2D eigenvalue weighted by Gasteiger charge is -2.57. The van der Waals surface area contributed by atoms with Crippen molar-refractivity contribution in [3.63, 3.8) is 0 Å². The second-order valence-electron chi connectivity index (χ2n) is 13.0. The fourth-order valence-electron chi connectivity index (χ4n) is 9.15. The zero-order valence-corrected chi connectivity index (χ0v) is 24.8. The molecule has 9 rings (SSSR count). The summed E-state index contributed by atoms with van der Waals surface area (Å²) in [5.41, 5.74) is 4.38. The number of carbonyl (C=O) groups excluding carboxylic acids is 2. The Hall–Kier alpha value is -3.84. The molecule has 0 N–H and O–H groups in total. The fraction of sp³-hybridized carbons (Fsp3) is 0.314. The predicted octanol–water partition coefficient (Wildman–Crippen LogP) is 8.75. The fourth-order valence-corrected chi connectivity index (χ4v) is 9.62. The molecule has 0 aromatic heterocycles. The molecule has 2 amide bonds. The topological polar surface area (TPSA) is 80.5 Å². The van der Waals surface area contributed by atoms with Crippen LogP contribution in [0.25, 0.3) is 21.9 Å². The molecule has 1 heterocycles. The maximum Gasteiger partial charge on any atom is 0.278 e. The number of aryl methyl sites for hydroxylation is 1. The number of nitro groups is 1. The van der Waals surface area contributed by atoms with E-state index in [-0.39, 0.29) is 16.7 Å². The van der Waals surface area contributed by atoms with Crippen LogP contribution in [0, 0.1) is 34.8 Å². The van der Waals surface area contributed by atoms with Gasteiger partial charge in [0.05, 0.1) is 21.7 Å². The number of amides is 2. The van der Waals surface area contributed by atoms with Gasteiger partial charge in [-0.2, -0.15) is 0 Å². The maximum absolute atomic E-state index is 14.0. The lowest BCUT2D eigenvalue weighted by atomic mass is 9.48. The van der Waals surface area contributed by atoms with Crippen molar-refractivity contribution in [1.29, 1.82) is 0 Å². The van der Waals surface area contributed by atoms with Crippen LogP contribution in [-0.2, 0) is 5.41 Å². The predicted molar refractivity (Wildman–Crippen MR) is 166 cm³/mol. The van der Waals surface area contributed by atoms with E-state index in [2.05, 4.69) is 28.1 Å². The molecule has 4 saturated carbocycles. The van der Waals surface area contributed by atoms with Crippen molar-refractivity contribution in [3.8, 4) is 11.1 Å². The van der Waals surface area contributed by atoms with Crippen LogP contribution in [-0.4, -0.2) is 16.7 Å². The van der Waals surface area contributed by atoms with E-state index >= 15 is 0 Å². The first-order chi connectivity index (χ1) is 20.2. The number of imide groups is 1. The first-order valence-corrected chi connectivity index (χ1v) is 15.5. The van der Waals surface area contributed by atoms with Gasteiger partial charge in [0.15, 0.2) is 0 Å². The van der Waals surface area contributed by atoms with Crippen molar-refractivity contribution in [3.05, 3.63) is 104 Å². The minimum atomic E-state index is -0.534. The third kappa shape index (κ3) is 3.68. The Morgan fingerprint density at radius 3 is 2.10 bits per heavy atom. The molecule has 1 aliphatic heterocycles. The molecular weight excluding hydrogens is 592 g/mol. The molecular formula is C35H29BrN2O4. The number of anilines is 1. The highest BCUT2D eigenvalue weighted by Crippen LogP contribution is 2.60. The monoisotopic (exact) mass is 620 g/mol. The molecule has 0 spiro atoms. The molecule has 0 atom stereocenters. The largest absolute Gasteiger partial charge is 0.278 e. The summed E-state index contributed by atoms with van der Waals surface area (Å²) in [5.74, 6) is 1.52. The van der Waals surface area contributed by atoms with Gasteiger partial charge in [-0.25, -0.2) is 4.90 Å². The van der Waals surface area contributed by atoms with Gasteiger partial charge < -0.3 is 0 Å². The minimum Gasteiger partial charge on any atom is -0.268 e. The van der Waals surface area contributed by atoms with Crippen molar-refractivity contribution < 1.29 is 14.5 Å². The Balaban J connectivity index is 1.23. The van der Waals surface area contributed by atoms with Crippen LogP contribution in [0.3, 0.4) is 0 Å². The summed E-state index contributed by atoms with van der Waals surface area (Å²) < 4.78 is 0.865. The molecule has 0 saturated heterocycles. The highest BCUT2D eigenvalue weighted by Gasteiger charge is 2.51. The number of nitro benzene ring substituents is 1. The number of hydrogen-bond acceptors (Lipinski definition) is 4. The second-order valence-corrected chi connectivity index (χ2v) is 13.9. The average Bonchev–Trinajstić information content (AvgIpc) is 2.95. The van der Waals surface area contributed by atoms with E-state index < -0.39 is 16.7 Å². The van der Waals surface area contributed by atoms with E-state index in [0.717, 1.165) is 27.8 Å². The van der Waals surface area contributed by atoms with Gasteiger partial charge in [0.1, 0.15) is 0 Å². The van der Waals surface area contributed by atoms with Gasteiger partial charge in [-0.05, 0) is 121 Å².